The summed E-state index contributed by atoms with van der Waals surface area (Å²) in [5.41, 5.74) is 0. The van der Waals surface area contributed by atoms with Gasteiger partial charge in [0.15, 0.2) is 6.23 Å². The first-order valence-corrected chi connectivity index (χ1v) is 5.51. The Hall–Kier alpha value is -1.17. The van der Waals surface area contributed by atoms with Crippen molar-refractivity contribution in [3.63, 3.8) is 0 Å². The van der Waals surface area contributed by atoms with Gasteiger partial charge in [0.05, 0.1) is 18.9 Å². The van der Waals surface area contributed by atoms with E-state index >= 15 is 0 Å². The largest absolute Gasteiger partial charge is 0.388 e. The molecule has 1 aromatic rings. The molecule has 0 radical (unpaired) electrons. The Morgan fingerprint density at radius 2 is 2.38 bits per heavy atom. The second kappa shape index (κ2) is 4.01. The summed E-state index contributed by atoms with van der Waals surface area (Å²) >= 11 is 0. The van der Waals surface area contributed by atoms with Gasteiger partial charge in [0.1, 0.15) is 12.2 Å². The molecular weight excluding hydrogens is 208 g/mol. The van der Waals surface area contributed by atoms with Crippen LogP contribution in [0.5, 0.6) is 0 Å². The van der Waals surface area contributed by atoms with Crippen molar-refractivity contribution >= 4 is 5.82 Å². The fourth-order valence-electron chi connectivity index (χ4n) is 2.25. The summed E-state index contributed by atoms with van der Waals surface area (Å²) in [4.78, 5) is 3.08. The van der Waals surface area contributed by atoms with Gasteiger partial charge in [0.2, 0.25) is 0 Å². The third-order valence-electron chi connectivity index (χ3n) is 3.02. The zero-order valence-corrected chi connectivity index (χ0v) is 8.80. The molecule has 0 aromatic carbocycles. The molecular formula is C11H15N2O3+. The summed E-state index contributed by atoms with van der Waals surface area (Å²) < 4.78 is 11.1. The molecule has 3 N–H and O–H groups in total. The van der Waals surface area contributed by atoms with Crippen LogP contribution < -0.4 is 10.3 Å². The van der Waals surface area contributed by atoms with E-state index in [1.807, 2.05) is 24.4 Å². The van der Waals surface area contributed by atoms with Gasteiger partial charge in [-0.15, -0.1) is 0 Å². The maximum absolute atomic E-state index is 9.60. The Balaban J connectivity index is 1.63. The Morgan fingerprint density at radius 3 is 3.12 bits per heavy atom. The number of ether oxygens (including phenoxy) is 2. The number of pyridine rings is 1. The molecule has 5 nitrogen and oxygen atoms in total. The lowest BCUT2D eigenvalue weighted by atomic mass is 10.1. The maximum atomic E-state index is 9.60. The quantitative estimate of drug-likeness (QED) is 0.728. The van der Waals surface area contributed by atoms with Gasteiger partial charge in [0.25, 0.3) is 5.82 Å². The van der Waals surface area contributed by atoms with Crippen molar-refractivity contribution < 1.29 is 19.6 Å². The molecule has 0 aliphatic carbocycles. The first kappa shape index (κ1) is 10.0. The molecule has 86 valence electrons. The monoisotopic (exact) mass is 223 g/mol. The van der Waals surface area contributed by atoms with Crippen molar-refractivity contribution in [2.75, 3.05) is 11.9 Å². The lowest BCUT2D eigenvalue weighted by molar-refractivity contribution is -0.362. The first-order chi connectivity index (χ1) is 7.83. The highest BCUT2D eigenvalue weighted by atomic mass is 16.6. The van der Waals surface area contributed by atoms with E-state index in [0.717, 1.165) is 12.2 Å². The smallest absolute Gasteiger partial charge is 0.274 e. The van der Waals surface area contributed by atoms with E-state index in [1.54, 1.807) is 0 Å². The lowest BCUT2D eigenvalue weighted by Crippen LogP contribution is -2.30. The number of anilines is 1. The van der Waals surface area contributed by atoms with E-state index in [1.165, 1.54) is 0 Å². The number of nitrogens with one attached hydrogen (secondary N) is 2. The number of aliphatic hydroxyl groups is 1. The molecule has 3 rings (SSSR count). The summed E-state index contributed by atoms with van der Waals surface area (Å²) in [5.74, 6) is 0.905. The van der Waals surface area contributed by atoms with E-state index in [4.69, 9.17) is 9.47 Å². The Bertz CT molecular complexity index is 360. The molecule has 2 aliphatic rings. The van der Waals surface area contributed by atoms with E-state index < -0.39 is 6.10 Å². The molecule has 0 amide bonds. The van der Waals surface area contributed by atoms with Gasteiger partial charge < -0.3 is 14.6 Å². The normalized spacial score (nSPS) is 37.3. The van der Waals surface area contributed by atoms with Gasteiger partial charge in [0, 0.05) is 12.5 Å². The average Bonchev–Trinajstić information content (AvgIpc) is 2.83. The Morgan fingerprint density at radius 1 is 1.44 bits per heavy atom. The molecule has 3 heterocycles. The van der Waals surface area contributed by atoms with E-state index in [2.05, 4.69) is 10.3 Å². The van der Waals surface area contributed by atoms with Crippen LogP contribution in [0.2, 0.25) is 0 Å². The minimum absolute atomic E-state index is 0.0243. The number of aliphatic hydroxyl groups excluding tert-OH is 1. The number of hydrogen-bond acceptors (Lipinski definition) is 4. The number of aromatic nitrogens is 1. The Kier molecular flexibility index (Phi) is 2.51. The predicted molar refractivity (Wildman–Crippen MR) is 55.6 cm³/mol. The van der Waals surface area contributed by atoms with Crippen molar-refractivity contribution in [3.8, 4) is 0 Å². The van der Waals surface area contributed by atoms with Crippen LogP contribution in [0, 0.1) is 0 Å². The molecule has 0 spiro atoms. The van der Waals surface area contributed by atoms with Crippen molar-refractivity contribution in [1.82, 2.24) is 0 Å². The van der Waals surface area contributed by atoms with Crippen LogP contribution in [-0.2, 0) is 9.47 Å². The summed E-state index contributed by atoms with van der Waals surface area (Å²) in [6, 6.07) is 5.80. The van der Waals surface area contributed by atoms with E-state index in [9.17, 15) is 5.11 Å². The molecule has 0 bridgehead atoms. The molecule has 4 atom stereocenters. The first-order valence-electron chi connectivity index (χ1n) is 5.51. The number of H-pyrrole nitrogens is 1. The zero-order chi connectivity index (χ0) is 11.0. The minimum Gasteiger partial charge on any atom is -0.388 e. The molecule has 1 aromatic heterocycles. The topological polar surface area (TPSA) is 64.9 Å². The second-order valence-electron chi connectivity index (χ2n) is 4.18. The van der Waals surface area contributed by atoms with Gasteiger partial charge in [-0.3, -0.25) is 0 Å². The van der Waals surface area contributed by atoms with Crippen LogP contribution in [0.15, 0.2) is 24.4 Å². The van der Waals surface area contributed by atoms with Gasteiger partial charge >= 0.3 is 0 Å². The molecule has 2 aliphatic heterocycles. The summed E-state index contributed by atoms with van der Waals surface area (Å²) in [5, 5.41) is 12.8. The Labute approximate surface area is 93.4 Å². The predicted octanol–water partition coefficient (Wildman–Crippen LogP) is -0.213. The van der Waals surface area contributed by atoms with E-state index in [0.29, 0.717) is 6.61 Å². The highest BCUT2D eigenvalue weighted by Crippen LogP contribution is 2.30. The zero-order valence-electron chi connectivity index (χ0n) is 8.80. The number of aromatic amines is 1. The van der Waals surface area contributed by atoms with Crippen molar-refractivity contribution in [2.45, 2.75) is 31.0 Å². The third kappa shape index (κ3) is 1.77. The molecule has 5 heteroatoms. The highest BCUT2D eigenvalue weighted by molar-refractivity contribution is 5.28. The van der Waals surface area contributed by atoms with Gasteiger partial charge in [-0.25, -0.2) is 10.3 Å². The summed E-state index contributed by atoms with van der Waals surface area (Å²) in [6.07, 6.45) is 1.88. The summed E-state index contributed by atoms with van der Waals surface area (Å²) in [6.45, 7) is 0.388. The second-order valence-corrected chi connectivity index (χ2v) is 4.18. The minimum atomic E-state index is -0.489. The van der Waals surface area contributed by atoms with E-state index in [-0.39, 0.29) is 18.4 Å². The fraction of sp³-hybridized carbons (Fsp3) is 0.545. The number of rotatable bonds is 2. The van der Waals surface area contributed by atoms with Crippen LogP contribution in [-0.4, -0.2) is 36.3 Å². The van der Waals surface area contributed by atoms with Crippen LogP contribution >= 0.6 is 0 Å². The molecule has 16 heavy (non-hydrogen) atoms. The van der Waals surface area contributed by atoms with Crippen molar-refractivity contribution in [1.29, 1.82) is 0 Å². The average molecular weight is 223 g/mol. The summed E-state index contributed by atoms with van der Waals surface area (Å²) in [7, 11) is 0. The fourth-order valence-corrected chi connectivity index (χ4v) is 2.25. The molecule has 0 unspecified atom stereocenters. The SMILES string of the molecule is O[C@@H]1CO[C@@H]2C[C@@H](Nc3cccc[nH+]3)O[C@H]12. The van der Waals surface area contributed by atoms with Crippen LogP contribution in [0.1, 0.15) is 6.42 Å². The molecule has 2 saturated heterocycles. The van der Waals surface area contributed by atoms with Crippen LogP contribution in [0.4, 0.5) is 5.82 Å². The van der Waals surface area contributed by atoms with Gasteiger partial charge in [-0.05, 0) is 6.07 Å². The standard InChI is InChI=1S/C11H14N2O3/c14-7-6-15-8-5-10(16-11(7)8)13-9-3-1-2-4-12-9/h1-4,7-8,10-11,14H,5-6H2,(H,12,13)/p+1/t7-,8-,10+,11-/m1/s1. The number of fused-ring (bicyclic) bond motifs is 1. The molecule has 0 saturated carbocycles. The highest BCUT2D eigenvalue weighted by Gasteiger charge is 2.46. The van der Waals surface area contributed by atoms with Crippen molar-refractivity contribution in [2.24, 2.45) is 0 Å². The van der Waals surface area contributed by atoms with Crippen molar-refractivity contribution in [3.05, 3.63) is 24.4 Å². The third-order valence-corrected chi connectivity index (χ3v) is 3.02. The number of hydrogen-bond donors (Lipinski definition) is 2. The lowest BCUT2D eigenvalue weighted by Gasteiger charge is -2.11. The molecule has 2 fully saturated rings. The van der Waals surface area contributed by atoms with Gasteiger partial charge in [-0.1, -0.05) is 6.07 Å². The van der Waals surface area contributed by atoms with Crippen LogP contribution in [0.3, 0.4) is 0 Å². The van der Waals surface area contributed by atoms with Crippen LogP contribution in [0.25, 0.3) is 0 Å². The maximum Gasteiger partial charge on any atom is 0.274 e. The van der Waals surface area contributed by atoms with Gasteiger partial charge in [-0.2, -0.15) is 0 Å².